The minimum atomic E-state index is -0.987. The number of urea groups is 1. The number of amides is 3. The van der Waals surface area contributed by atoms with Crippen LogP contribution in [0.4, 0.5) is 4.79 Å². The lowest BCUT2D eigenvalue weighted by Gasteiger charge is -2.39. The maximum absolute atomic E-state index is 13.2. The number of carbonyl (C=O) groups excluding carboxylic acids is 2. The van der Waals surface area contributed by atoms with Crippen LogP contribution in [0.5, 0.6) is 11.5 Å². The Labute approximate surface area is 264 Å². The first-order chi connectivity index (χ1) is 21.8. The Hall–Kier alpha value is -4.71. The van der Waals surface area contributed by atoms with Gasteiger partial charge in [0.25, 0.3) is 0 Å². The van der Waals surface area contributed by atoms with Gasteiger partial charge in [-0.15, -0.1) is 10.2 Å². The van der Waals surface area contributed by atoms with Gasteiger partial charge in [-0.1, -0.05) is 52.4 Å². The number of hydrogen-bond donors (Lipinski definition) is 8. The number of likely N-dealkylation sites (tertiary alicyclic amines) is 1. The summed E-state index contributed by atoms with van der Waals surface area (Å²) < 4.78 is 5.84. The van der Waals surface area contributed by atoms with Crippen molar-refractivity contribution in [3.63, 3.8) is 0 Å². The summed E-state index contributed by atoms with van der Waals surface area (Å²) >= 11 is 6.18. The molecule has 0 bridgehead atoms. The molecule has 2 fully saturated rings. The minimum Gasteiger partial charge on any atom is -0.457 e. The van der Waals surface area contributed by atoms with Crippen molar-refractivity contribution in [3.05, 3.63) is 71.1 Å². The summed E-state index contributed by atoms with van der Waals surface area (Å²) in [4.78, 5) is 27.9. The first kappa shape index (κ1) is 31.7. The summed E-state index contributed by atoms with van der Waals surface area (Å²) in [6, 6.07) is 16.3. The molecule has 3 unspecified atom stereocenters. The van der Waals surface area contributed by atoms with Gasteiger partial charge in [0, 0.05) is 31.7 Å². The average Bonchev–Trinajstić information content (AvgIpc) is 3.33. The molecular weight excluding hydrogens is 604 g/mol. The molecule has 3 aliphatic rings. The molecule has 17 nitrogen and oxygen atoms in total. The minimum absolute atomic E-state index is 0.0188. The summed E-state index contributed by atoms with van der Waals surface area (Å²) in [6.45, 7) is 2.05. The number of para-hydroxylation sites is 1. The molecule has 3 aliphatic heterocycles. The van der Waals surface area contributed by atoms with Crippen molar-refractivity contribution in [1.82, 2.24) is 36.5 Å². The van der Waals surface area contributed by atoms with Crippen molar-refractivity contribution in [2.45, 2.75) is 43.3 Å². The third-order valence-corrected chi connectivity index (χ3v) is 8.15. The normalized spacial score (nSPS) is 23.2. The molecule has 3 heterocycles. The van der Waals surface area contributed by atoms with Crippen molar-refractivity contribution >= 4 is 23.5 Å². The molecule has 0 radical (unpaired) electrons. The van der Waals surface area contributed by atoms with E-state index in [1.54, 1.807) is 4.90 Å². The number of ether oxygens (including phenoxy) is 1. The average molecular weight is 641 g/mol. The number of rotatable bonds is 9. The summed E-state index contributed by atoms with van der Waals surface area (Å²) in [5.41, 5.74) is 0.712. The van der Waals surface area contributed by atoms with Crippen LogP contribution in [0.2, 0.25) is 0 Å². The highest BCUT2D eigenvalue weighted by Crippen LogP contribution is 2.28. The SMILES string of the molecule is NN=NC1=C(Cl)NC(C(=O)NC2NC3(CCN(C(=O)NCCc4ccc(Oc5ccccc5)cc4)CC3)CN2N)C(N=NN)N1. The second-order valence-corrected chi connectivity index (χ2v) is 11.2. The van der Waals surface area contributed by atoms with Gasteiger partial charge >= 0.3 is 6.03 Å². The summed E-state index contributed by atoms with van der Waals surface area (Å²) in [5, 5.41) is 30.4. The number of nitrogens with two attached hydrogens (primary N) is 3. The fourth-order valence-electron chi connectivity index (χ4n) is 5.49. The number of nitrogens with one attached hydrogen (secondary N) is 5. The highest BCUT2D eigenvalue weighted by atomic mass is 35.5. The maximum Gasteiger partial charge on any atom is 0.317 e. The van der Waals surface area contributed by atoms with E-state index in [4.69, 9.17) is 33.9 Å². The van der Waals surface area contributed by atoms with Gasteiger partial charge in [-0.3, -0.25) is 16.0 Å². The van der Waals surface area contributed by atoms with Gasteiger partial charge in [0.05, 0.1) is 0 Å². The zero-order valence-corrected chi connectivity index (χ0v) is 25.2. The summed E-state index contributed by atoms with van der Waals surface area (Å²) in [6.07, 6.45) is 0.386. The van der Waals surface area contributed by atoms with Gasteiger partial charge in [-0.2, -0.15) is 0 Å². The van der Waals surface area contributed by atoms with Crippen LogP contribution in [0.1, 0.15) is 18.4 Å². The monoisotopic (exact) mass is 640 g/mol. The zero-order valence-electron chi connectivity index (χ0n) is 24.4. The van der Waals surface area contributed by atoms with Crippen LogP contribution >= 0.6 is 11.6 Å². The van der Waals surface area contributed by atoms with Gasteiger partial charge in [-0.05, 0) is 49.1 Å². The van der Waals surface area contributed by atoms with E-state index in [0.29, 0.717) is 45.4 Å². The fraction of sp³-hybridized carbons (Fsp3) is 0.407. The Kier molecular flexibility index (Phi) is 10.1. The Balaban J connectivity index is 1.06. The largest absolute Gasteiger partial charge is 0.457 e. The van der Waals surface area contributed by atoms with Gasteiger partial charge in [0.15, 0.2) is 12.0 Å². The third-order valence-electron chi connectivity index (χ3n) is 7.86. The number of halogens is 1. The molecule has 3 atom stereocenters. The van der Waals surface area contributed by atoms with Gasteiger partial charge < -0.3 is 42.6 Å². The Morgan fingerprint density at radius 3 is 2.42 bits per heavy atom. The standard InChI is InChI=1S/C27H37ClN14O3/c28-21-23(38-40-30)34-22(37-39-29)20(33-21)24(43)35-25-36-27(16-42(25)31)11-14-41(15-12-27)26(44)32-13-10-17-6-8-19(9-7-17)45-18-4-2-1-3-5-18/h1-9,20,22,25,33-34,36H,10-16,31H2,(H2,29,37)(H2,30,38)(H,32,44)(H,35,43). The van der Waals surface area contributed by atoms with Gasteiger partial charge in [0.2, 0.25) is 5.91 Å². The van der Waals surface area contributed by atoms with E-state index in [0.717, 1.165) is 17.1 Å². The predicted molar refractivity (Wildman–Crippen MR) is 164 cm³/mol. The Morgan fingerprint density at radius 2 is 1.73 bits per heavy atom. The molecule has 1 spiro atoms. The van der Waals surface area contributed by atoms with E-state index in [-0.39, 0.29) is 22.5 Å². The first-order valence-electron chi connectivity index (χ1n) is 14.4. The molecule has 0 saturated carbocycles. The Bertz CT molecular complexity index is 1420. The topological polar surface area (TPSA) is 238 Å². The second-order valence-electron chi connectivity index (χ2n) is 10.9. The molecule has 5 rings (SSSR count). The van der Waals surface area contributed by atoms with E-state index in [9.17, 15) is 9.59 Å². The molecule has 240 valence electrons. The lowest BCUT2D eigenvalue weighted by atomic mass is 9.88. The van der Waals surface area contributed by atoms with Crippen molar-refractivity contribution in [3.8, 4) is 11.5 Å². The van der Waals surface area contributed by atoms with Crippen LogP contribution in [0, 0.1) is 0 Å². The lowest BCUT2D eigenvalue weighted by molar-refractivity contribution is -0.125. The first-order valence-corrected chi connectivity index (χ1v) is 14.7. The van der Waals surface area contributed by atoms with Crippen LogP contribution in [0.15, 0.2) is 86.2 Å². The molecule has 11 N–H and O–H groups in total. The van der Waals surface area contributed by atoms with E-state index < -0.39 is 24.4 Å². The van der Waals surface area contributed by atoms with E-state index in [2.05, 4.69) is 47.3 Å². The molecular formula is C27H37ClN14O3. The molecule has 0 aromatic heterocycles. The number of hydrazine groups is 1. The molecule has 45 heavy (non-hydrogen) atoms. The van der Waals surface area contributed by atoms with Crippen molar-refractivity contribution in [2.24, 2.45) is 38.2 Å². The van der Waals surface area contributed by atoms with E-state index in [1.165, 1.54) is 5.01 Å². The van der Waals surface area contributed by atoms with Crippen molar-refractivity contribution in [2.75, 3.05) is 26.2 Å². The van der Waals surface area contributed by atoms with Crippen LogP contribution in [0.3, 0.4) is 0 Å². The zero-order chi connectivity index (χ0) is 31.8. The van der Waals surface area contributed by atoms with Crippen molar-refractivity contribution < 1.29 is 14.3 Å². The van der Waals surface area contributed by atoms with Gasteiger partial charge in [0.1, 0.15) is 29.0 Å². The number of piperidine rings is 1. The van der Waals surface area contributed by atoms with Gasteiger partial charge in [-0.25, -0.2) is 9.80 Å². The predicted octanol–water partition coefficient (Wildman–Crippen LogP) is 0.649. The van der Waals surface area contributed by atoms with Crippen molar-refractivity contribution in [1.29, 1.82) is 0 Å². The van der Waals surface area contributed by atoms with Crippen LogP contribution in [0.25, 0.3) is 0 Å². The van der Waals surface area contributed by atoms with E-state index in [1.807, 2.05) is 54.6 Å². The number of nitrogens with zero attached hydrogens (tertiary/aromatic N) is 6. The second kappa shape index (κ2) is 14.4. The Morgan fingerprint density at radius 1 is 1.02 bits per heavy atom. The molecule has 18 heteroatoms. The molecule has 2 aromatic rings. The number of benzene rings is 2. The highest BCUT2D eigenvalue weighted by Gasteiger charge is 2.46. The number of carbonyl (C=O) groups is 2. The number of hydrogen-bond acceptors (Lipinski definition) is 12. The molecule has 2 saturated heterocycles. The molecule has 2 aromatic carbocycles. The quantitative estimate of drug-likeness (QED) is 0.0824. The van der Waals surface area contributed by atoms with Crippen LogP contribution in [-0.4, -0.2) is 72.1 Å². The maximum atomic E-state index is 13.2. The van der Waals surface area contributed by atoms with E-state index >= 15 is 0 Å². The summed E-state index contributed by atoms with van der Waals surface area (Å²) in [5.74, 6) is 17.8. The molecule has 0 aliphatic carbocycles. The smallest absolute Gasteiger partial charge is 0.317 e. The van der Waals surface area contributed by atoms with Crippen LogP contribution in [-0.2, 0) is 11.2 Å². The molecule has 3 amide bonds. The highest BCUT2D eigenvalue weighted by molar-refractivity contribution is 6.29. The lowest BCUT2D eigenvalue weighted by Crippen LogP contribution is -2.63. The third kappa shape index (κ3) is 7.88. The fourth-order valence-corrected chi connectivity index (χ4v) is 5.70. The van der Waals surface area contributed by atoms with Crippen LogP contribution < -0.4 is 48.8 Å². The summed E-state index contributed by atoms with van der Waals surface area (Å²) in [7, 11) is 0.